The van der Waals surface area contributed by atoms with Crippen LogP contribution in [0, 0.1) is 0 Å². The Hall–Kier alpha value is -4.79. The molecule has 0 heterocycles. The smallest absolute Gasteiger partial charge is 0.167 e. The van der Waals surface area contributed by atoms with Crippen molar-refractivity contribution in [3.63, 3.8) is 0 Å². The Kier molecular flexibility index (Phi) is 11.4. The van der Waals surface area contributed by atoms with Gasteiger partial charge in [0.15, 0.2) is 11.6 Å². The molecule has 0 spiro atoms. The Bertz CT molecular complexity index is 1430. The van der Waals surface area contributed by atoms with Crippen molar-refractivity contribution in [1.82, 2.24) is 0 Å². The normalized spacial score (nSPS) is 10.7. The predicted octanol–water partition coefficient (Wildman–Crippen LogP) is 4.79. The quantitative estimate of drug-likeness (QED) is 0.116. The Balaban J connectivity index is 1.39. The largest absolute Gasteiger partial charge is 0.399 e. The van der Waals surface area contributed by atoms with Gasteiger partial charge in [0.05, 0.1) is 13.2 Å². The van der Waals surface area contributed by atoms with Crippen LogP contribution in [0.3, 0.4) is 0 Å². The van der Waals surface area contributed by atoms with Crippen LogP contribution in [0.2, 0.25) is 0 Å². The zero-order valence-electron chi connectivity index (χ0n) is 25.4. The van der Waals surface area contributed by atoms with Gasteiger partial charge >= 0.3 is 0 Å². The molecule has 0 aliphatic carbocycles. The number of rotatable bonds is 15. The standard InChI is InChI=1S/C36H39N3O5/c1-38(20-22-40)32-16-12-28(13-17-32)34(42)24-26-4-8-30(9-5-26)36(37-44-3)31-10-6-27(7-11-31)25-35(43)29-14-18-33(19-15-29)39(2)21-23-41/h4-19,40-41H,20-25H2,1-3H3. The molecule has 0 aliphatic heterocycles. The van der Waals surface area contributed by atoms with Crippen molar-refractivity contribution in [2.24, 2.45) is 5.16 Å². The highest BCUT2D eigenvalue weighted by Crippen LogP contribution is 2.19. The minimum atomic E-state index is 0.0232. The van der Waals surface area contributed by atoms with E-state index in [9.17, 15) is 9.59 Å². The molecule has 44 heavy (non-hydrogen) atoms. The number of likely N-dealkylation sites (N-methyl/N-ethyl adjacent to an activating group) is 2. The predicted molar refractivity (Wildman–Crippen MR) is 175 cm³/mol. The SMILES string of the molecule is CON=C(c1ccc(CC(=O)c2ccc(N(C)CCO)cc2)cc1)c1ccc(CC(=O)c2ccc(N(C)CCO)cc2)cc1. The van der Waals surface area contributed by atoms with E-state index in [4.69, 9.17) is 15.1 Å². The van der Waals surface area contributed by atoms with Crippen LogP contribution in [-0.4, -0.2) is 75.0 Å². The second kappa shape index (κ2) is 15.6. The van der Waals surface area contributed by atoms with Crippen molar-refractivity contribution in [1.29, 1.82) is 0 Å². The molecule has 0 saturated carbocycles. The lowest BCUT2D eigenvalue weighted by Crippen LogP contribution is -2.21. The summed E-state index contributed by atoms with van der Waals surface area (Å²) in [5.41, 5.74) is 7.27. The maximum atomic E-state index is 12.9. The Morgan fingerprint density at radius 1 is 0.591 bits per heavy atom. The monoisotopic (exact) mass is 593 g/mol. The summed E-state index contributed by atoms with van der Waals surface area (Å²) in [7, 11) is 5.29. The molecular formula is C36H39N3O5. The highest BCUT2D eigenvalue weighted by molar-refractivity contribution is 6.12. The third kappa shape index (κ3) is 8.40. The van der Waals surface area contributed by atoms with E-state index in [1.54, 1.807) is 0 Å². The summed E-state index contributed by atoms with van der Waals surface area (Å²) in [5.74, 6) is 0.0463. The van der Waals surface area contributed by atoms with Crippen molar-refractivity contribution in [3.8, 4) is 0 Å². The molecule has 4 rings (SSSR count). The molecule has 0 radical (unpaired) electrons. The molecule has 0 unspecified atom stereocenters. The molecule has 0 atom stereocenters. The second-order valence-electron chi connectivity index (χ2n) is 10.6. The minimum absolute atomic E-state index is 0.0232. The molecule has 8 nitrogen and oxygen atoms in total. The van der Waals surface area contributed by atoms with E-state index in [2.05, 4.69) is 5.16 Å². The average Bonchev–Trinajstić information content (AvgIpc) is 3.05. The number of benzene rings is 4. The van der Waals surface area contributed by atoms with E-state index in [0.717, 1.165) is 33.6 Å². The van der Waals surface area contributed by atoms with E-state index >= 15 is 0 Å². The molecule has 0 bridgehead atoms. The second-order valence-corrected chi connectivity index (χ2v) is 10.6. The van der Waals surface area contributed by atoms with E-state index in [1.807, 2.05) is 121 Å². The van der Waals surface area contributed by atoms with Crippen LogP contribution in [-0.2, 0) is 17.7 Å². The van der Waals surface area contributed by atoms with Gasteiger partial charge in [-0.3, -0.25) is 9.59 Å². The van der Waals surface area contributed by atoms with Crippen molar-refractivity contribution < 1.29 is 24.6 Å². The molecule has 0 fully saturated rings. The van der Waals surface area contributed by atoms with Crippen molar-refractivity contribution >= 4 is 28.7 Å². The fourth-order valence-corrected chi connectivity index (χ4v) is 4.86. The van der Waals surface area contributed by atoms with Crippen LogP contribution < -0.4 is 9.80 Å². The summed E-state index contributed by atoms with van der Waals surface area (Å²) < 4.78 is 0. The summed E-state index contributed by atoms with van der Waals surface area (Å²) in [6.07, 6.45) is 0.543. The van der Waals surface area contributed by atoms with E-state index < -0.39 is 0 Å². The van der Waals surface area contributed by atoms with Gasteiger partial charge in [-0.15, -0.1) is 0 Å². The number of Topliss-reactive ketones (excluding diaryl/α,β-unsaturated/α-hetero) is 2. The Morgan fingerprint density at radius 3 is 1.25 bits per heavy atom. The van der Waals surface area contributed by atoms with Gasteiger partial charge in [-0.2, -0.15) is 0 Å². The van der Waals surface area contributed by atoms with Gasteiger partial charge in [0.25, 0.3) is 0 Å². The summed E-state index contributed by atoms with van der Waals surface area (Å²) in [6, 6.07) is 30.2. The number of anilines is 2. The van der Waals surface area contributed by atoms with Crippen molar-refractivity contribution in [2.75, 3.05) is 57.3 Å². The molecule has 4 aromatic carbocycles. The number of carbonyl (C=O) groups is 2. The number of nitrogens with zero attached hydrogens (tertiary/aromatic N) is 3. The number of oxime groups is 1. The van der Waals surface area contributed by atoms with Gasteiger partial charge in [0.1, 0.15) is 12.8 Å². The molecule has 2 N–H and O–H groups in total. The first-order valence-corrected chi connectivity index (χ1v) is 14.5. The molecule has 0 saturated heterocycles. The number of hydrogen-bond donors (Lipinski definition) is 2. The molecule has 0 aliphatic rings. The minimum Gasteiger partial charge on any atom is -0.399 e. The molecule has 0 aromatic heterocycles. The maximum absolute atomic E-state index is 12.9. The number of aliphatic hydroxyl groups is 2. The molecule has 8 heteroatoms. The summed E-state index contributed by atoms with van der Waals surface area (Å²) in [6.45, 7) is 1.19. The first-order valence-electron chi connectivity index (χ1n) is 14.5. The summed E-state index contributed by atoms with van der Waals surface area (Å²) in [4.78, 5) is 34.8. The van der Waals surface area contributed by atoms with Gasteiger partial charge in [0.2, 0.25) is 0 Å². The summed E-state index contributed by atoms with van der Waals surface area (Å²) in [5, 5.41) is 22.5. The highest BCUT2D eigenvalue weighted by Gasteiger charge is 2.13. The lowest BCUT2D eigenvalue weighted by atomic mass is 9.96. The molecular weight excluding hydrogens is 554 g/mol. The summed E-state index contributed by atoms with van der Waals surface area (Å²) >= 11 is 0. The molecule has 0 amide bonds. The van der Waals surface area contributed by atoms with E-state index in [0.29, 0.717) is 29.9 Å². The van der Waals surface area contributed by atoms with Crippen molar-refractivity contribution in [2.45, 2.75) is 12.8 Å². The number of hydrogen-bond acceptors (Lipinski definition) is 8. The lowest BCUT2D eigenvalue weighted by Gasteiger charge is -2.18. The van der Waals surface area contributed by atoms with Crippen molar-refractivity contribution in [3.05, 3.63) is 130 Å². The maximum Gasteiger partial charge on any atom is 0.167 e. The van der Waals surface area contributed by atoms with E-state index in [1.165, 1.54) is 7.11 Å². The first-order chi connectivity index (χ1) is 21.3. The fourth-order valence-electron chi connectivity index (χ4n) is 4.86. The topological polar surface area (TPSA) is 103 Å². The zero-order chi connectivity index (χ0) is 31.5. The number of carbonyl (C=O) groups excluding carboxylic acids is 2. The van der Waals surface area contributed by atoms with E-state index in [-0.39, 0.29) is 37.6 Å². The first kappa shape index (κ1) is 32.1. The Labute approximate surface area is 258 Å². The van der Waals surface area contributed by atoms with Gasteiger partial charge < -0.3 is 24.9 Å². The van der Waals surface area contributed by atoms with Gasteiger partial charge in [-0.05, 0) is 59.7 Å². The molecule has 228 valence electrons. The van der Waals surface area contributed by atoms with Crippen LogP contribution in [0.5, 0.6) is 0 Å². The van der Waals surface area contributed by atoms with Gasteiger partial charge in [0, 0.05) is 73.7 Å². The highest BCUT2D eigenvalue weighted by atomic mass is 16.6. The van der Waals surface area contributed by atoms with Crippen LogP contribution in [0.4, 0.5) is 11.4 Å². The van der Waals surface area contributed by atoms with Crippen LogP contribution >= 0.6 is 0 Å². The lowest BCUT2D eigenvalue weighted by molar-refractivity contribution is 0.0985. The van der Waals surface area contributed by atoms with Crippen LogP contribution in [0.25, 0.3) is 0 Å². The number of aliphatic hydroxyl groups excluding tert-OH is 2. The average molecular weight is 594 g/mol. The zero-order valence-corrected chi connectivity index (χ0v) is 25.4. The van der Waals surface area contributed by atoms with Gasteiger partial charge in [-0.25, -0.2) is 0 Å². The fraction of sp³-hybridized carbons (Fsp3) is 0.250. The van der Waals surface area contributed by atoms with Crippen LogP contribution in [0.1, 0.15) is 43.0 Å². The third-order valence-corrected chi connectivity index (χ3v) is 7.50. The third-order valence-electron chi connectivity index (χ3n) is 7.50. The van der Waals surface area contributed by atoms with Gasteiger partial charge in [-0.1, -0.05) is 53.7 Å². The number of ketones is 2. The van der Waals surface area contributed by atoms with Crippen LogP contribution in [0.15, 0.2) is 102 Å². The Morgan fingerprint density at radius 2 is 0.932 bits per heavy atom. The molecule has 4 aromatic rings.